The predicted molar refractivity (Wildman–Crippen MR) is 175 cm³/mol. The minimum atomic E-state index is -1.69. The van der Waals surface area contributed by atoms with Gasteiger partial charge in [0.25, 0.3) is 5.91 Å². The number of benzene rings is 2. The summed E-state index contributed by atoms with van der Waals surface area (Å²) in [5, 5.41) is 8.26. The highest BCUT2D eigenvalue weighted by Gasteiger charge is 2.41. The maximum Gasteiger partial charge on any atom is 0.408 e. The normalized spacial score (nSPS) is 19.6. The average Bonchev–Trinajstić information content (AvgIpc) is 3.02. The number of rotatable bonds is 8. The molecule has 0 radical (unpaired) electrons. The SMILES string of the molecule is CNC(=O)OC1CCC(C(F)C(=O)Nc2cnc(-c3ccc(C4(NC(=O)OC(C)(C)C)CCC4)cc3)c(-c3ccccc3)c2)CC1. The van der Waals surface area contributed by atoms with E-state index in [0.29, 0.717) is 37.1 Å². The lowest BCUT2D eigenvalue weighted by Crippen LogP contribution is -2.52. The molecule has 1 aromatic heterocycles. The van der Waals surface area contributed by atoms with Gasteiger partial charge in [-0.05, 0) is 88.8 Å². The Morgan fingerprint density at radius 2 is 1.61 bits per heavy atom. The molecule has 244 valence electrons. The van der Waals surface area contributed by atoms with Crippen molar-refractivity contribution in [2.24, 2.45) is 5.92 Å². The number of ether oxygens (including phenoxy) is 2. The van der Waals surface area contributed by atoms with Gasteiger partial charge < -0.3 is 25.4 Å². The van der Waals surface area contributed by atoms with Crippen molar-refractivity contribution in [3.8, 4) is 22.4 Å². The first-order chi connectivity index (χ1) is 22.0. The average molecular weight is 631 g/mol. The minimum Gasteiger partial charge on any atom is -0.446 e. The van der Waals surface area contributed by atoms with Crippen LogP contribution in [0.15, 0.2) is 66.9 Å². The Morgan fingerprint density at radius 1 is 0.935 bits per heavy atom. The zero-order valence-corrected chi connectivity index (χ0v) is 26.9. The molecule has 10 heteroatoms. The first kappa shape index (κ1) is 32.9. The largest absolute Gasteiger partial charge is 0.446 e. The van der Waals surface area contributed by atoms with Gasteiger partial charge in [-0.1, -0.05) is 54.6 Å². The van der Waals surface area contributed by atoms with E-state index >= 15 is 4.39 Å². The molecule has 1 atom stereocenters. The number of anilines is 1. The molecule has 9 nitrogen and oxygen atoms in total. The molecule has 3 amide bonds. The van der Waals surface area contributed by atoms with Gasteiger partial charge in [-0.2, -0.15) is 0 Å². The van der Waals surface area contributed by atoms with Crippen LogP contribution in [0.5, 0.6) is 0 Å². The number of pyridine rings is 1. The minimum absolute atomic E-state index is 0.272. The van der Waals surface area contributed by atoms with E-state index in [2.05, 4.69) is 16.0 Å². The zero-order valence-electron chi connectivity index (χ0n) is 26.9. The maximum atomic E-state index is 15.3. The fourth-order valence-corrected chi connectivity index (χ4v) is 6.20. The molecule has 3 N–H and O–H groups in total. The van der Waals surface area contributed by atoms with E-state index in [1.165, 1.54) is 7.05 Å². The van der Waals surface area contributed by atoms with Crippen molar-refractivity contribution in [2.45, 2.75) is 89.1 Å². The highest BCUT2D eigenvalue weighted by atomic mass is 19.1. The molecule has 0 spiro atoms. The van der Waals surface area contributed by atoms with Crippen LogP contribution in [0.25, 0.3) is 22.4 Å². The van der Waals surface area contributed by atoms with Gasteiger partial charge in [0.2, 0.25) is 0 Å². The Labute approximate surface area is 269 Å². The lowest BCUT2D eigenvalue weighted by atomic mass is 9.71. The number of alkyl halides is 1. The monoisotopic (exact) mass is 630 g/mol. The molecule has 46 heavy (non-hydrogen) atoms. The standard InChI is InChI=1S/C36H43FN4O5/c1-35(2,3)46-34(44)41-36(19-8-20-36)26-15-11-25(12-16-26)31-29(23-9-6-5-7-10-23)21-27(22-39-31)40-32(42)30(37)24-13-17-28(18-14-24)45-33(43)38-4/h5-7,9-12,15-16,21-22,24,28,30H,8,13-14,17-20H2,1-4H3,(H,38,43)(H,40,42)(H,41,44). The number of halogens is 1. The zero-order chi connectivity index (χ0) is 32.9. The van der Waals surface area contributed by atoms with Crippen molar-refractivity contribution in [2.75, 3.05) is 12.4 Å². The molecule has 0 aliphatic heterocycles. The number of aromatic nitrogens is 1. The molecule has 2 aliphatic rings. The Morgan fingerprint density at radius 3 is 2.20 bits per heavy atom. The Hall–Kier alpha value is -4.47. The molecule has 2 saturated carbocycles. The number of nitrogens with one attached hydrogen (secondary N) is 3. The summed E-state index contributed by atoms with van der Waals surface area (Å²) in [7, 11) is 1.50. The fraction of sp³-hybridized carbons (Fsp3) is 0.444. The van der Waals surface area contributed by atoms with Crippen LogP contribution in [-0.4, -0.2) is 48.0 Å². The van der Waals surface area contributed by atoms with Crippen molar-refractivity contribution in [3.63, 3.8) is 0 Å². The van der Waals surface area contributed by atoms with Crippen LogP contribution in [0.4, 0.5) is 19.7 Å². The summed E-state index contributed by atoms with van der Waals surface area (Å²) in [4.78, 5) is 41.8. The van der Waals surface area contributed by atoms with Crippen LogP contribution in [0.2, 0.25) is 0 Å². The molecule has 5 rings (SSSR count). The van der Waals surface area contributed by atoms with Crippen LogP contribution in [0.1, 0.15) is 71.3 Å². The van der Waals surface area contributed by atoms with Crippen LogP contribution in [0, 0.1) is 5.92 Å². The highest BCUT2D eigenvalue weighted by Crippen LogP contribution is 2.42. The molecule has 1 heterocycles. The summed E-state index contributed by atoms with van der Waals surface area (Å²) in [5.41, 5.74) is 3.62. The summed E-state index contributed by atoms with van der Waals surface area (Å²) in [6, 6.07) is 19.5. The Kier molecular flexibility index (Phi) is 9.94. The van der Waals surface area contributed by atoms with Crippen molar-refractivity contribution in [3.05, 3.63) is 72.4 Å². The predicted octanol–water partition coefficient (Wildman–Crippen LogP) is 7.51. The summed E-state index contributed by atoms with van der Waals surface area (Å²) < 4.78 is 26.1. The first-order valence-electron chi connectivity index (χ1n) is 16.0. The van der Waals surface area contributed by atoms with Crippen molar-refractivity contribution in [1.29, 1.82) is 0 Å². The molecule has 3 aromatic rings. The van der Waals surface area contributed by atoms with Gasteiger partial charge in [0.1, 0.15) is 11.7 Å². The van der Waals surface area contributed by atoms with Gasteiger partial charge in [-0.3, -0.25) is 9.78 Å². The molecular weight excluding hydrogens is 587 g/mol. The molecule has 1 unspecified atom stereocenters. The van der Waals surface area contributed by atoms with E-state index in [9.17, 15) is 14.4 Å². The molecule has 0 saturated heterocycles. The van der Waals surface area contributed by atoms with Crippen molar-refractivity contribution >= 4 is 23.8 Å². The van der Waals surface area contributed by atoms with Gasteiger partial charge >= 0.3 is 12.2 Å². The second-order valence-corrected chi connectivity index (χ2v) is 13.2. The lowest BCUT2D eigenvalue weighted by Gasteiger charge is -2.43. The van der Waals surface area contributed by atoms with Gasteiger partial charge in [-0.15, -0.1) is 0 Å². The number of amides is 3. The smallest absolute Gasteiger partial charge is 0.408 e. The summed E-state index contributed by atoms with van der Waals surface area (Å²) in [6.45, 7) is 5.54. The Balaban J connectivity index is 1.32. The van der Waals surface area contributed by atoms with Crippen LogP contribution < -0.4 is 16.0 Å². The van der Waals surface area contributed by atoms with E-state index in [0.717, 1.165) is 41.5 Å². The summed E-state index contributed by atoms with van der Waals surface area (Å²) in [6.07, 6.45) is 3.24. The van der Waals surface area contributed by atoms with E-state index in [1.807, 2.05) is 81.4 Å². The quantitative estimate of drug-likeness (QED) is 0.237. The van der Waals surface area contributed by atoms with E-state index in [1.54, 1.807) is 6.20 Å². The fourth-order valence-electron chi connectivity index (χ4n) is 6.20. The van der Waals surface area contributed by atoms with Gasteiger partial charge in [0.15, 0.2) is 6.17 Å². The first-order valence-corrected chi connectivity index (χ1v) is 16.0. The second kappa shape index (κ2) is 13.9. The number of carbonyl (C=O) groups is 3. The molecule has 2 fully saturated rings. The molecular formula is C36H43FN4O5. The number of alkyl carbamates (subject to hydrolysis) is 2. The molecule has 0 bridgehead atoms. The highest BCUT2D eigenvalue weighted by molar-refractivity contribution is 5.95. The van der Waals surface area contributed by atoms with Crippen molar-refractivity contribution < 1.29 is 28.2 Å². The summed E-state index contributed by atoms with van der Waals surface area (Å²) >= 11 is 0. The maximum absolute atomic E-state index is 15.3. The molecule has 2 aromatic carbocycles. The third-order valence-electron chi connectivity index (χ3n) is 8.76. The number of nitrogens with zero attached hydrogens (tertiary/aromatic N) is 1. The van der Waals surface area contributed by atoms with Crippen LogP contribution >= 0.6 is 0 Å². The third-order valence-corrected chi connectivity index (χ3v) is 8.76. The van der Waals surface area contributed by atoms with E-state index in [4.69, 9.17) is 14.5 Å². The number of hydrogen-bond acceptors (Lipinski definition) is 6. The second-order valence-electron chi connectivity index (χ2n) is 13.2. The summed E-state index contributed by atoms with van der Waals surface area (Å²) in [5.74, 6) is -1.16. The number of hydrogen-bond donors (Lipinski definition) is 3. The van der Waals surface area contributed by atoms with Gasteiger partial charge in [0.05, 0.1) is 23.1 Å². The number of carbonyl (C=O) groups excluding carboxylic acids is 3. The van der Waals surface area contributed by atoms with E-state index in [-0.39, 0.29) is 6.10 Å². The topological polar surface area (TPSA) is 119 Å². The third kappa shape index (κ3) is 7.84. The Bertz CT molecular complexity index is 1530. The van der Waals surface area contributed by atoms with Crippen LogP contribution in [0.3, 0.4) is 0 Å². The molecule has 2 aliphatic carbocycles. The van der Waals surface area contributed by atoms with Crippen molar-refractivity contribution in [1.82, 2.24) is 15.6 Å². The lowest BCUT2D eigenvalue weighted by molar-refractivity contribution is -0.123. The van der Waals surface area contributed by atoms with Crippen LogP contribution in [-0.2, 0) is 19.8 Å². The van der Waals surface area contributed by atoms with Gasteiger partial charge in [0, 0.05) is 18.2 Å². The van der Waals surface area contributed by atoms with E-state index < -0.39 is 41.3 Å². The van der Waals surface area contributed by atoms with Gasteiger partial charge in [-0.25, -0.2) is 14.0 Å².